The van der Waals surface area contributed by atoms with Crippen LogP contribution in [0.4, 0.5) is 5.69 Å². The van der Waals surface area contributed by atoms with Gasteiger partial charge in [-0.15, -0.1) is 0 Å². The molecule has 1 amide bonds. The normalized spacial score (nSPS) is 10.1. The number of ether oxygens (including phenoxy) is 1. The summed E-state index contributed by atoms with van der Waals surface area (Å²) in [5.74, 6) is 0.220. The molecule has 0 saturated carbocycles. The van der Waals surface area contributed by atoms with E-state index < -0.39 is 0 Å². The molecule has 2 rings (SSSR count). The zero-order chi connectivity index (χ0) is 15.2. The van der Waals surface area contributed by atoms with E-state index in [2.05, 4.69) is 5.32 Å². The fourth-order valence-corrected chi connectivity index (χ4v) is 1.86. The van der Waals surface area contributed by atoms with Crippen LogP contribution in [0.15, 0.2) is 42.5 Å². The van der Waals surface area contributed by atoms with Crippen molar-refractivity contribution in [1.82, 2.24) is 5.32 Å². The predicted octanol–water partition coefficient (Wildman–Crippen LogP) is 2.09. The van der Waals surface area contributed by atoms with E-state index in [1.807, 2.05) is 19.1 Å². The van der Waals surface area contributed by atoms with Gasteiger partial charge in [-0.25, -0.2) is 0 Å². The summed E-state index contributed by atoms with van der Waals surface area (Å²) in [4.78, 5) is 11.9. The summed E-state index contributed by atoms with van der Waals surface area (Å²) in [5, 5.41) is 12.4. The van der Waals surface area contributed by atoms with Crippen LogP contribution in [0.5, 0.6) is 11.5 Å². The average Bonchev–Trinajstić information content (AvgIpc) is 2.47. The van der Waals surface area contributed by atoms with Gasteiger partial charge in [0.15, 0.2) is 0 Å². The van der Waals surface area contributed by atoms with E-state index in [4.69, 9.17) is 10.5 Å². The first-order valence-corrected chi connectivity index (χ1v) is 6.63. The van der Waals surface area contributed by atoms with E-state index in [0.717, 1.165) is 5.56 Å². The number of rotatable bonds is 5. The Morgan fingerprint density at radius 3 is 2.81 bits per heavy atom. The van der Waals surface area contributed by atoms with E-state index in [0.29, 0.717) is 24.6 Å². The Balaban J connectivity index is 1.85. The zero-order valence-corrected chi connectivity index (χ0v) is 11.8. The number of carbonyl (C=O) groups is 1. The number of nitrogens with one attached hydrogen (secondary N) is 1. The number of anilines is 1. The summed E-state index contributed by atoms with van der Waals surface area (Å²) in [7, 11) is 0. The lowest BCUT2D eigenvalue weighted by molar-refractivity contribution is 0.0944. The average molecular weight is 286 g/mol. The van der Waals surface area contributed by atoms with Crippen molar-refractivity contribution in [3.63, 3.8) is 0 Å². The number of aryl methyl sites for hydroxylation is 1. The van der Waals surface area contributed by atoms with Crippen molar-refractivity contribution in [2.75, 3.05) is 18.9 Å². The molecule has 4 N–H and O–H groups in total. The first-order chi connectivity index (χ1) is 10.1. The standard InChI is InChI=1S/C16H18N2O3/c1-11-6-7-14(19)12(10-11)16(20)18-8-9-21-15-5-3-2-4-13(15)17/h2-7,10,19H,8-9,17H2,1H3,(H,18,20). The highest BCUT2D eigenvalue weighted by molar-refractivity contribution is 5.96. The van der Waals surface area contributed by atoms with Gasteiger partial charge in [0.25, 0.3) is 5.91 Å². The van der Waals surface area contributed by atoms with Crippen LogP contribution in [0.3, 0.4) is 0 Å². The molecule has 0 aromatic heterocycles. The number of phenols is 1. The Kier molecular flexibility index (Phi) is 4.66. The molecule has 0 fully saturated rings. The van der Waals surface area contributed by atoms with Crippen LogP contribution >= 0.6 is 0 Å². The molecule has 0 aliphatic carbocycles. The van der Waals surface area contributed by atoms with Crippen LogP contribution in [0.25, 0.3) is 0 Å². The quantitative estimate of drug-likeness (QED) is 0.580. The molecule has 2 aromatic carbocycles. The smallest absolute Gasteiger partial charge is 0.255 e. The summed E-state index contributed by atoms with van der Waals surface area (Å²) in [5.41, 5.74) is 7.47. The Morgan fingerprint density at radius 2 is 2.05 bits per heavy atom. The Hall–Kier alpha value is -2.69. The highest BCUT2D eigenvalue weighted by Gasteiger charge is 2.10. The van der Waals surface area contributed by atoms with E-state index in [9.17, 15) is 9.90 Å². The van der Waals surface area contributed by atoms with Crippen molar-refractivity contribution in [2.45, 2.75) is 6.92 Å². The van der Waals surface area contributed by atoms with Crippen molar-refractivity contribution >= 4 is 11.6 Å². The summed E-state index contributed by atoms with van der Waals surface area (Å²) < 4.78 is 5.47. The van der Waals surface area contributed by atoms with Crippen LogP contribution < -0.4 is 15.8 Å². The van der Waals surface area contributed by atoms with E-state index in [-0.39, 0.29) is 17.2 Å². The number of para-hydroxylation sites is 2. The molecule has 0 spiro atoms. The number of aromatic hydroxyl groups is 1. The minimum absolute atomic E-state index is 0.0358. The van der Waals surface area contributed by atoms with Gasteiger partial charge in [0, 0.05) is 0 Å². The molecule has 0 unspecified atom stereocenters. The molecule has 0 bridgehead atoms. The molecular formula is C16H18N2O3. The molecule has 0 heterocycles. The molecule has 0 atom stereocenters. The van der Waals surface area contributed by atoms with Gasteiger partial charge in [0.1, 0.15) is 18.1 Å². The number of carbonyl (C=O) groups excluding carboxylic acids is 1. The summed E-state index contributed by atoms with van der Waals surface area (Å²) in [6.07, 6.45) is 0. The fourth-order valence-electron chi connectivity index (χ4n) is 1.86. The van der Waals surface area contributed by atoms with Crippen LogP contribution in [0, 0.1) is 6.92 Å². The van der Waals surface area contributed by atoms with E-state index >= 15 is 0 Å². The van der Waals surface area contributed by atoms with Gasteiger partial charge >= 0.3 is 0 Å². The molecule has 21 heavy (non-hydrogen) atoms. The SMILES string of the molecule is Cc1ccc(O)c(C(=O)NCCOc2ccccc2N)c1. The van der Waals surface area contributed by atoms with Crippen molar-refractivity contribution in [1.29, 1.82) is 0 Å². The Bertz CT molecular complexity index is 641. The minimum atomic E-state index is -0.333. The monoisotopic (exact) mass is 286 g/mol. The maximum absolute atomic E-state index is 11.9. The zero-order valence-electron chi connectivity index (χ0n) is 11.8. The lowest BCUT2D eigenvalue weighted by Crippen LogP contribution is -2.28. The number of hydrogen-bond acceptors (Lipinski definition) is 4. The third-order valence-electron chi connectivity index (χ3n) is 2.96. The molecular weight excluding hydrogens is 268 g/mol. The molecule has 5 nitrogen and oxygen atoms in total. The highest BCUT2D eigenvalue weighted by Crippen LogP contribution is 2.19. The van der Waals surface area contributed by atoms with Crippen molar-refractivity contribution < 1.29 is 14.6 Å². The Labute approximate surface area is 123 Å². The molecule has 0 saturated heterocycles. The number of phenolic OH excluding ortho intramolecular Hbond substituents is 1. The maximum Gasteiger partial charge on any atom is 0.255 e. The van der Waals surface area contributed by atoms with E-state index in [1.54, 1.807) is 24.3 Å². The van der Waals surface area contributed by atoms with Crippen LogP contribution in [0.2, 0.25) is 0 Å². The summed E-state index contributed by atoms with van der Waals surface area (Å²) >= 11 is 0. The third kappa shape index (κ3) is 3.89. The van der Waals surface area contributed by atoms with Gasteiger partial charge in [-0.05, 0) is 31.2 Å². The van der Waals surface area contributed by atoms with E-state index in [1.165, 1.54) is 6.07 Å². The predicted molar refractivity (Wildman–Crippen MR) is 81.5 cm³/mol. The lowest BCUT2D eigenvalue weighted by atomic mass is 10.1. The number of amides is 1. The van der Waals surface area contributed by atoms with Crippen LogP contribution in [-0.4, -0.2) is 24.2 Å². The lowest BCUT2D eigenvalue weighted by Gasteiger charge is -2.10. The maximum atomic E-state index is 11.9. The van der Waals surface area contributed by atoms with Gasteiger partial charge in [-0.1, -0.05) is 23.8 Å². The third-order valence-corrected chi connectivity index (χ3v) is 2.96. The van der Waals surface area contributed by atoms with Crippen molar-refractivity contribution in [3.8, 4) is 11.5 Å². The van der Waals surface area contributed by atoms with Crippen LogP contribution in [-0.2, 0) is 0 Å². The topological polar surface area (TPSA) is 84.6 Å². The molecule has 0 aliphatic rings. The second kappa shape index (κ2) is 6.65. The molecule has 0 aliphatic heterocycles. The molecule has 0 radical (unpaired) electrons. The first-order valence-electron chi connectivity index (χ1n) is 6.63. The number of benzene rings is 2. The summed E-state index contributed by atoms with van der Waals surface area (Å²) in [6, 6.07) is 12.1. The number of nitrogens with two attached hydrogens (primary N) is 1. The fraction of sp³-hybridized carbons (Fsp3) is 0.188. The number of hydrogen-bond donors (Lipinski definition) is 3. The van der Waals surface area contributed by atoms with Gasteiger partial charge in [-0.2, -0.15) is 0 Å². The highest BCUT2D eigenvalue weighted by atomic mass is 16.5. The van der Waals surface area contributed by atoms with Gasteiger partial charge in [0.05, 0.1) is 17.8 Å². The second-order valence-corrected chi connectivity index (χ2v) is 4.66. The van der Waals surface area contributed by atoms with Crippen molar-refractivity contribution in [3.05, 3.63) is 53.6 Å². The molecule has 2 aromatic rings. The minimum Gasteiger partial charge on any atom is -0.507 e. The second-order valence-electron chi connectivity index (χ2n) is 4.66. The Morgan fingerprint density at radius 1 is 1.29 bits per heavy atom. The summed E-state index contributed by atoms with van der Waals surface area (Å²) in [6.45, 7) is 2.48. The first kappa shape index (κ1) is 14.7. The van der Waals surface area contributed by atoms with Crippen molar-refractivity contribution in [2.24, 2.45) is 0 Å². The van der Waals surface area contributed by atoms with Gasteiger partial charge in [-0.3, -0.25) is 4.79 Å². The largest absolute Gasteiger partial charge is 0.507 e. The van der Waals surface area contributed by atoms with Gasteiger partial charge in [0.2, 0.25) is 0 Å². The van der Waals surface area contributed by atoms with Crippen LogP contribution in [0.1, 0.15) is 15.9 Å². The number of nitrogen functional groups attached to an aromatic ring is 1. The molecule has 110 valence electrons. The van der Waals surface area contributed by atoms with Gasteiger partial charge < -0.3 is 20.9 Å². The molecule has 5 heteroatoms.